The fourth-order valence-corrected chi connectivity index (χ4v) is 3.26. The van der Waals surface area contributed by atoms with Crippen molar-refractivity contribution in [2.75, 3.05) is 6.61 Å². The molecule has 1 atom stereocenters. The summed E-state index contributed by atoms with van der Waals surface area (Å²) in [5, 5.41) is 23.4. The highest BCUT2D eigenvalue weighted by molar-refractivity contribution is 6.02. The van der Waals surface area contributed by atoms with E-state index < -0.39 is 5.60 Å². The van der Waals surface area contributed by atoms with Crippen LogP contribution in [-0.2, 0) is 12.0 Å². The Bertz CT molecular complexity index is 780. The second-order valence-electron chi connectivity index (χ2n) is 6.13. The lowest BCUT2D eigenvalue weighted by Gasteiger charge is -2.32. The second kappa shape index (κ2) is 4.95. The predicted molar refractivity (Wildman–Crippen MR) is 84.4 cm³/mol. The number of hydrogen-bond donors (Lipinski definition) is 1. The number of non-ortho nitro benzene ring substituents is 1. The van der Waals surface area contributed by atoms with Crippen LogP contribution < -0.4 is 4.74 Å². The molecule has 116 valence electrons. The van der Waals surface area contributed by atoms with Crippen molar-refractivity contribution in [2.24, 2.45) is 0 Å². The van der Waals surface area contributed by atoms with E-state index in [0.717, 1.165) is 24.0 Å². The Morgan fingerprint density at radius 3 is 2.77 bits per heavy atom. The standard InChI is InChI=1S/C17H19NO4/c1-4-5-11-6-7-12-15-14(11)13(18(20)21)8-10(2)16(15)22-9-17(12,3)19/h6-8,19H,4-5,9H2,1-3H3. The maximum atomic E-state index is 11.5. The van der Waals surface area contributed by atoms with Gasteiger partial charge < -0.3 is 9.84 Å². The minimum absolute atomic E-state index is 0.0860. The van der Waals surface area contributed by atoms with Crippen LogP contribution >= 0.6 is 0 Å². The van der Waals surface area contributed by atoms with Crippen molar-refractivity contribution in [2.45, 2.75) is 39.2 Å². The van der Waals surface area contributed by atoms with E-state index >= 15 is 0 Å². The zero-order valence-corrected chi connectivity index (χ0v) is 13.0. The first-order valence-corrected chi connectivity index (χ1v) is 7.46. The summed E-state index contributed by atoms with van der Waals surface area (Å²) in [7, 11) is 0. The molecule has 0 aromatic heterocycles. The van der Waals surface area contributed by atoms with Crippen LogP contribution in [0.1, 0.15) is 37.0 Å². The Balaban J connectivity index is 2.50. The number of ether oxygens (including phenoxy) is 1. The summed E-state index contributed by atoms with van der Waals surface area (Å²) in [6.07, 6.45) is 1.65. The van der Waals surface area contributed by atoms with E-state index in [2.05, 4.69) is 0 Å². The number of aliphatic hydroxyl groups is 1. The van der Waals surface area contributed by atoms with Gasteiger partial charge in [-0.1, -0.05) is 25.5 Å². The molecule has 0 aliphatic carbocycles. The summed E-state index contributed by atoms with van der Waals surface area (Å²) >= 11 is 0. The van der Waals surface area contributed by atoms with Crippen molar-refractivity contribution in [3.8, 4) is 5.75 Å². The van der Waals surface area contributed by atoms with E-state index in [1.165, 1.54) is 0 Å². The van der Waals surface area contributed by atoms with Crippen molar-refractivity contribution in [3.05, 3.63) is 45.0 Å². The molecule has 1 unspecified atom stereocenters. The van der Waals surface area contributed by atoms with Gasteiger partial charge in [-0.25, -0.2) is 0 Å². The first kappa shape index (κ1) is 14.8. The van der Waals surface area contributed by atoms with E-state index in [1.54, 1.807) is 19.9 Å². The van der Waals surface area contributed by atoms with E-state index in [1.807, 2.05) is 19.1 Å². The molecule has 22 heavy (non-hydrogen) atoms. The highest BCUT2D eigenvalue weighted by Gasteiger charge is 2.35. The summed E-state index contributed by atoms with van der Waals surface area (Å²) < 4.78 is 5.74. The highest BCUT2D eigenvalue weighted by Crippen LogP contribution is 2.46. The predicted octanol–water partition coefficient (Wildman–Crippen LogP) is 3.61. The smallest absolute Gasteiger partial charge is 0.278 e. The van der Waals surface area contributed by atoms with E-state index in [0.29, 0.717) is 22.1 Å². The van der Waals surface area contributed by atoms with Crippen LogP contribution in [0.4, 0.5) is 5.69 Å². The van der Waals surface area contributed by atoms with Gasteiger partial charge in [0, 0.05) is 11.5 Å². The first-order valence-electron chi connectivity index (χ1n) is 7.46. The Morgan fingerprint density at radius 2 is 2.14 bits per heavy atom. The van der Waals surface area contributed by atoms with Crippen LogP contribution in [-0.4, -0.2) is 16.6 Å². The first-order chi connectivity index (χ1) is 10.4. The molecule has 3 rings (SSSR count). The SMILES string of the molecule is CCCc1ccc2c3c(c(C)cc([N+](=O)[O-])c13)OCC2(C)O. The molecule has 5 heteroatoms. The molecule has 2 aromatic rings. The molecule has 1 aliphatic heterocycles. The van der Waals surface area contributed by atoms with E-state index in [4.69, 9.17) is 4.74 Å². The maximum absolute atomic E-state index is 11.5. The summed E-state index contributed by atoms with van der Waals surface area (Å²) in [6, 6.07) is 5.34. The Hall–Kier alpha value is -2.14. The van der Waals surface area contributed by atoms with Crippen LogP contribution in [0, 0.1) is 17.0 Å². The molecule has 0 radical (unpaired) electrons. The number of rotatable bonds is 3. The van der Waals surface area contributed by atoms with Crippen molar-refractivity contribution < 1.29 is 14.8 Å². The molecule has 5 nitrogen and oxygen atoms in total. The molecular formula is C17H19NO4. The van der Waals surface area contributed by atoms with Crippen LogP contribution in [0.3, 0.4) is 0 Å². The molecule has 0 bridgehead atoms. The molecule has 0 spiro atoms. The van der Waals surface area contributed by atoms with Crippen molar-refractivity contribution >= 4 is 16.5 Å². The summed E-state index contributed by atoms with van der Waals surface area (Å²) in [4.78, 5) is 11.2. The van der Waals surface area contributed by atoms with Gasteiger partial charge in [0.1, 0.15) is 18.0 Å². The monoisotopic (exact) mass is 301 g/mol. The zero-order valence-electron chi connectivity index (χ0n) is 13.0. The summed E-state index contributed by atoms with van der Waals surface area (Å²) in [6.45, 7) is 5.68. The van der Waals surface area contributed by atoms with Gasteiger partial charge in [0.15, 0.2) is 0 Å². The summed E-state index contributed by atoms with van der Waals surface area (Å²) in [5.41, 5.74) is 1.30. The highest BCUT2D eigenvalue weighted by atomic mass is 16.6. The van der Waals surface area contributed by atoms with Gasteiger partial charge in [-0.2, -0.15) is 0 Å². The Labute approximate surface area is 128 Å². The van der Waals surface area contributed by atoms with E-state index in [9.17, 15) is 15.2 Å². The summed E-state index contributed by atoms with van der Waals surface area (Å²) in [5.74, 6) is 0.653. The van der Waals surface area contributed by atoms with Crippen LogP contribution in [0.2, 0.25) is 0 Å². The number of nitro groups is 1. The molecule has 0 amide bonds. The van der Waals surface area contributed by atoms with Gasteiger partial charge in [0.05, 0.1) is 10.3 Å². The molecular weight excluding hydrogens is 282 g/mol. The third kappa shape index (κ3) is 2.04. The number of hydrogen-bond acceptors (Lipinski definition) is 4. The number of benzene rings is 2. The lowest BCUT2D eigenvalue weighted by Crippen LogP contribution is -2.33. The Kier molecular flexibility index (Phi) is 3.33. The van der Waals surface area contributed by atoms with Gasteiger partial charge in [-0.15, -0.1) is 0 Å². The molecule has 0 saturated carbocycles. The third-order valence-corrected chi connectivity index (χ3v) is 4.28. The van der Waals surface area contributed by atoms with Crippen LogP contribution in [0.5, 0.6) is 5.75 Å². The lowest BCUT2D eigenvalue weighted by atomic mass is 9.85. The van der Waals surface area contributed by atoms with Crippen LogP contribution in [0.15, 0.2) is 18.2 Å². The topological polar surface area (TPSA) is 72.6 Å². The number of aryl methyl sites for hydroxylation is 2. The minimum Gasteiger partial charge on any atom is -0.489 e. The molecule has 1 N–H and O–H groups in total. The fourth-order valence-electron chi connectivity index (χ4n) is 3.26. The fraction of sp³-hybridized carbons (Fsp3) is 0.412. The van der Waals surface area contributed by atoms with Gasteiger partial charge >= 0.3 is 0 Å². The second-order valence-corrected chi connectivity index (χ2v) is 6.13. The van der Waals surface area contributed by atoms with Crippen molar-refractivity contribution in [1.82, 2.24) is 0 Å². The normalized spacial score (nSPS) is 20.0. The van der Waals surface area contributed by atoms with Gasteiger partial charge in [-0.3, -0.25) is 10.1 Å². The largest absolute Gasteiger partial charge is 0.489 e. The minimum atomic E-state index is -1.14. The van der Waals surface area contributed by atoms with E-state index in [-0.39, 0.29) is 17.2 Å². The zero-order chi connectivity index (χ0) is 16.1. The molecule has 1 heterocycles. The molecule has 0 fully saturated rings. The quantitative estimate of drug-likeness (QED) is 0.694. The maximum Gasteiger partial charge on any atom is 0.278 e. The number of nitro benzene ring substituents is 1. The van der Waals surface area contributed by atoms with Gasteiger partial charge in [-0.05, 0) is 37.0 Å². The number of nitrogens with zero attached hydrogens (tertiary/aromatic N) is 1. The van der Waals surface area contributed by atoms with Crippen molar-refractivity contribution in [3.63, 3.8) is 0 Å². The average molecular weight is 301 g/mol. The Morgan fingerprint density at radius 1 is 1.41 bits per heavy atom. The average Bonchev–Trinajstić information content (AvgIpc) is 2.44. The van der Waals surface area contributed by atoms with Crippen LogP contribution in [0.25, 0.3) is 10.8 Å². The molecule has 0 saturated heterocycles. The van der Waals surface area contributed by atoms with Gasteiger partial charge in [0.2, 0.25) is 0 Å². The molecule has 2 aromatic carbocycles. The third-order valence-electron chi connectivity index (χ3n) is 4.28. The van der Waals surface area contributed by atoms with Crippen molar-refractivity contribution in [1.29, 1.82) is 0 Å². The lowest BCUT2D eigenvalue weighted by molar-refractivity contribution is -0.383. The molecule has 1 aliphatic rings. The van der Waals surface area contributed by atoms with Gasteiger partial charge in [0.25, 0.3) is 5.69 Å².